The Kier molecular flexibility index (Phi) is 3.77. The molecule has 0 radical (unpaired) electrons. The molecule has 1 aliphatic carbocycles. The molecule has 0 amide bonds. The smallest absolute Gasteiger partial charge is 0.00969 e. The van der Waals surface area contributed by atoms with Crippen LogP contribution in [0.15, 0.2) is 23.3 Å². The van der Waals surface area contributed by atoms with E-state index >= 15 is 0 Å². The standard InChI is InChI=1S/C13H22/c1-5-10(3)12-7-8-13(9-12)11(4)6-2/h7-8,10-11H,5-6,9H2,1-4H3. The lowest BCUT2D eigenvalue weighted by Crippen LogP contribution is -2.00. The predicted molar refractivity (Wildman–Crippen MR) is 59.7 cm³/mol. The highest BCUT2D eigenvalue weighted by atomic mass is 14.2. The molecule has 0 nitrogen and oxygen atoms in total. The fourth-order valence-electron chi connectivity index (χ4n) is 1.77. The fourth-order valence-corrected chi connectivity index (χ4v) is 1.77. The first-order valence-corrected chi connectivity index (χ1v) is 5.58. The van der Waals surface area contributed by atoms with Gasteiger partial charge in [-0.05, 0) is 31.1 Å². The lowest BCUT2D eigenvalue weighted by Gasteiger charge is -2.14. The van der Waals surface area contributed by atoms with Crippen LogP contribution in [0.5, 0.6) is 0 Å². The van der Waals surface area contributed by atoms with E-state index in [-0.39, 0.29) is 0 Å². The van der Waals surface area contributed by atoms with Crippen molar-refractivity contribution in [1.29, 1.82) is 0 Å². The summed E-state index contributed by atoms with van der Waals surface area (Å²) in [5.41, 5.74) is 3.27. The Labute approximate surface area is 82.7 Å². The van der Waals surface area contributed by atoms with Gasteiger partial charge in [0, 0.05) is 0 Å². The zero-order chi connectivity index (χ0) is 9.84. The molecular weight excluding hydrogens is 156 g/mol. The van der Waals surface area contributed by atoms with Crippen LogP contribution in [0.4, 0.5) is 0 Å². The fraction of sp³-hybridized carbons (Fsp3) is 0.692. The van der Waals surface area contributed by atoms with Gasteiger partial charge in [-0.25, -0.2) is 0 Å². The van der Waals surface area contributed by atoms with Crippen LogP contribution in [-0.2, 0) is 0 Å². The van der Waals surface area contributed by atoms with E-state index < -0.39 is 0 Å². The average Bonchev–Trinajstić information content (AvgIpc) is 2.64. The van der Waals surface area contributed by atoms with Crippen molar-refractivity contribution >= 4 is 0 Å². The average molecular weight is 178 g/mol. The van der Waals surface area contributed by atoms with Gasteiger partial charge in [-0.1, -0.05) is 51.0 Å². The highest BCUT2D eigenvalue weighted by molar-refractivity contribution is 5.32. The maximum atomic E-state index is 2.34. The molecule has 1 aliphatic rings. The van der Waals surface area contributed by atoms with Crippen molar-refractivity contribution in [3.05, 3.63) is 23.3 Å². The highest BCUT2D eigenvalue weighted by Crippen LogP contribution is 2.32. The number of hydrogen-bond donors (Lipinski definition) is 0. The predicted octanol–water partition coefficient (Wildman–Crippen LogP) is 4.34. The van der Waals surface area contributed by atoms with Gasteiger partial charge in [0.1, 0.15) is 0 Å². The molecule has 2 atom stereocenters. The van der Waals surface area contributed by atoms with Crippen molar-refractivity contribution in [2.24, 2.45) is 11.8 Å². The first-order chi connectivity index (χ1) is 6.19. The highest BCUT2D eigenvalue weighted by Gasteiger charge is 2.16. The number of allylic oxidation sites excluding steroid dienone is 4. The summed E-state index contributed by atoms with van der Waals surface area (Å²) in [5, 5.41) is 0. The molecule has 1 rings (SSSR count). The first-order valence-electron chi connectivity index (χ1n) is 5.58. The van der Waals surface area contributed by atoms with Gasteiger partial charge in [0.05, 0.1) is 0 Å². The van der Waals surface area contributed by atoms with E-state index in [0.29, 0.717) is 0 Å². The summed E-state index contributed by atoms with van der Waals surface area (Å²) in [6.45, 7) is 9.21. The Hall–Kier alpha value is -0.520. The summed E-state index contributed by atoms with van der Waals surface area (Å²) in [4.78, 5) is 0. The van der Waals surface area contributed by atoms with Crippen molar-refractivity contribution in [2.75, 3.05) is 0 Å². The van der Waals surface area contributed by atoms with Crippen LogP contribution < -0.4 is 0 Å². The molecule has 0 heterocycles. The van der Waals surface area contributed by atoms with Crippen LogP contribution in [0.25, 0.3) is 0 Å². The minimum Gasteiger partial charge on any atom is -0.0648 e. The van der Waals surface area contributed by atoms with Crippen molar-refractivity contribution in [3.8, 4) is 0 Å². The summed E-state index contributed by atoms with van der Waals surface area (Å²) in [6, 6.07) is 0. The molecular formula is C13H22. The first kappa shape index (κ1) is 10.6. The summed E-state index contributed by atoms with van der Waals surface area (Å²) < 4.78 is 0. The van der Waals surface area contributed by atoms with Crippen molar-refractivity contribution < 1.29 is 0 Å². The molecule has 0 N–H and O–H groups in total. The Bertz CT molecular complexity index is 196. The zero-order valence-electron chi connectivity index (χ0n) is 9.43. The van der Waals surface area contributed by atoms with Gasteiger partial charge in [-0.3, -0.25) is 0 Å². The molecule has 0 bridgehead atoms. The maximum Gasteiger partial charge on any atom is -0.00969 e. The van der Waals surface area contributed by atoms with Gasteiger partial charge in [0.15, 0.2) is 0 Å². The van der Waals surface area contributed by atoms with Crippen LogP contribution >= 0.6 is 0 Å². The second kappa shape index (κ2) is 4.64. The molecule has 13 heavy (non-hydrogen) atoms. The van der Waals surface area contributed by atoms with Gasteiger partial charge in [0.25, 0.3) is 0 Å². The monoisotopic (exact) mass is 178 g/mol. The third-order valence-electron chi connectivity index (χ3n) is 3.41. The van der Waals surface area contributed by atoms with Gasteiger partial charge in [0.2, 0.25) is 0 Å². The Morgan fingerprint density at radius 2 is 1.38 bits per heavy atom. The van der Waals surface area contributed by atoms with Crippen molar-refractivity contribution in [3.63, 3.8) is 0 Å². The summed E-state index contributed by atoms with van der Waals surface area (Å²) >= 11 is 0. The molecule has 0 aromatic carbocycles. The molecule has 0 aromatic heterocycles. The quantitative estimate of drug-likeness (QED) is 0.601. The van der Waals surface area contributed by atoms with Crippen LogP contribution in [0.3, 0.4) is 0 Å². The van der Waals surface area contributed by atoms with E-state index in [1.807, 2.05) is 0 Å². The summed E-state index contributed by atoms with van der Waals surface area (Å²) in [7, 11) is 0. The molecule has 74 valence electrons. The molecule has 0 saturated carbocycles. The van der Waals surface area contributed by atoms with Gasteiger partial charge in [-0.2, -0.15) is 0 Å². The SMILES string of the molecule is CCC(C)C1=CC=C(C(C)CC)C1. The minimum absolute atomic E-state index is 0.776. The molecule has 0 fully saturated rings. The van der Waals surface area contributed by atoms with Crippen molar-refractivity contribution in [2.45, 2.75) is 47.0 Å². The number of hydrogen-bond acceptors (Lipinski definition) is 0. The summed E-state index contributed by atoms with van der Waals surface area (Å²) in [6.07, 6.45) is 8.47. The minimum atomic E-state index is 0.776. The molecule has 0 aliphatic heterocycles. The second-order valence-electron chi connectivity index (χ2n) is 4.28. The van der Waals surface area contributed by atoms with Gasteiger partial charge < -0.3 is 0 Å². The van der Waals surface area contributed by atoms with E-state index in [4.69, 9.17) is 0 Å². The van der Waals surface area contributed by atoms with Crippen LogP contribution in [-0.4, -0.2) is 0 Å². The van der Waals surface area contributed by atoms with E-state index in [0.717, 1.165) is 11.8 Å². The van der Waals surface area contributed by atoms with Crippen LogP contribution in [0.1, 0.15) is 47.0 Å². The topological polar surface area (TPSA) is 0 Å². The van der Waals surface area contributed by atoms with Gasteiger partial charge in [-0.15, -0.1) is 0 Å². The van der Waals surface area contributed by atoms with E-state index in [2.05, 4.69) is 39.8 Å². The lowest BCUT2D eigenvalue weighted by atomic mass is 9.91. The van der Waals surface area contributed by atoms with E-state index in [1.165, 1.54) is 19.3 Å². The molecule has 2 unspecified atom stereocenters. The largest absolute Gasteiger partial charge is 0.0648 e. The molecule has 0 heteroatoms. The molecule has 0 saturated heterocycles. The third kappa shape index (κ3) is 2.46. The Balaban J connectivity index is 2.48. The third-order valence-corrected chi connectivity index (χ3v) is 3.41. The normalized spacial score (nSPS) is 20.9. The maximum absolute atomic E-state index is 2.34. The van der Waals surface area contributed by atoms with Gasteiger partial charge >= 0.3 is 0 Å². The molecule has 0 spiro atoms. The van der Waals surface area contributed by atoms with Crippen LogP contribution in [0.2, 0.25) is 0 Å². The van der Waals surface area contributed by atoms with E-state index in [9.17, 15) is 0 Å². The zero-order valence-corrected chi connectivity index (χ0v) is 9.43. The number of rotatable bonds is 4. The summed E-state index contributed by atoms with van der Waals surface area (Å²) in [5.74, 6) is 1.55. The Morgan fingerprint density at radius 3 is 1.69 bits per heavy atom. The van der Waals surface area contributed by atoms with Crippen molar-refractivity contribution in [1.82, 2.24) is 0 Å². The van der Waals surface area contributed by atoms with Crippen LogP contribution in [0, 0.1) is 11.8 Å². The van der Waals surface area contributed by atoms with E-state index in [1.54, 1.807) is 11.1 Å². The molecule has 0 aromatic rings. The second-order valence-corrected chi connectivity index (χ2v) is 4.28. The Morgan fingerprint density at radius 1 is 1.00 bits per heavy atom. The lowest BCUT2D eigenvalue weighted by molar-refractivity contribution is 0.603.